The van der Waals surface area contributed by atoms with Gasteiger partial charge in [-0.1, -0.05) is 13.8 Å². The lowest BCUT2D eigenvalue weighted by Crippen LogP contribution is -2.34. The summed E-state index contributed by atoms with van der Waals surface area (Å²) in [7, 11) is 0. The molecule has 1 aromatic heterocycles. The Balaban J connectivity index is 1.87. The second kappa shape index (κ2) is 6.51. The van der Waals surface area contributed by atoms with Crippen molar-refractivity contribution in [2.45, 2.75) is 58.9 Å². The Morgan fingerprint density at radius 1 is 1.47 bits per heavy atom. The molecule has 1 N–H and O–H groups in total. The largest absolute Gasteiger partial charge is 0.347 e. The van der Waals surface area contributed by atoms with Gasteiger partial charge in [0.1, 0.15) is 5.01 Å². The molecule has 1 amide bonds. The van der Waals surface area contributed by atoms with Crippen LogP contribution < -0.4 is 5.32 Å². The summed E-state index contributed by atoms with van der Waals surface area (Å²) < 4.78 is 0. The van der Waals surface area contributed by atoms with E-state index in [1.807, 2.05) is 6.92 Å². The van der Waals surface area contributed by atoms with Crippen molar-refractivity contribution in [3.05, 3.63) is 16.1 Å². The predicted octanol–water partition coefficient (Wildman–Crippen LogP) is 3.71. The van der Waals surface area contributed by atoms with Crippen molar-refractivity contribution >= 4 is 17.2 Å². The van der Waals surface area contributed by atoms with E-state index in [1.165, 1.54) is 12.8 Å². The molecule has 1 unspecified atom stereocenters. The van der Waals surface area contributed by atoms with Gasteiger partial charge in [0.05, 0.1) is 11.7 Å². The molecule has 106 valence electrons. The molecule has 1 aliphatic rings. The zero-order valence-electron chi connectivity index (χ0n) is 12.1. The van der Waals surface area contributed by atoms with E-state index < -0.39 is 0 Å². The normalized spacial score (nSPS) is 25.0. The molecule has 3 nitrogen and oxygen atoms in total. The topological polar surface area (TPSA) is 42.0 Å². The van der Waals surface area contributed by atoms with Gasteiger partial charge in [-0.2, -0.15) is 0 Å². The van der Waals surface area contributed by atoms with Gasteiger partial charge in [0, 0.05) is 11.3 Å². The van der Waals surface area contributed by atoms with E-state index in [0.29, 0.717) is 0 Å². The Bertz CT molecular complexity index is 422. The highest BCUT2D eigenvalue weighted by molar-refractivity contribution is 7.09. The number of nitrogens with zero attached hydrogens (tertiary/aromatic N) is 1. The van der Waals surface area contributed by atoms with Gasteiger partial charge in [0.2, 0.25) is 5.91 Å². The van der Waals surface area contributed by atoms with Gasteiger partial charge in [0.15, 0.2) is 0 Å². The van der Waals surface area contributed by atoms with Crippen LogP contribution in [-0.4, -0.2) is 10.9 Å². The maximum atomic E-state index is 12.2. The zero-order chi connectivity index (χ0) is 13.8. The Kier molecular flexibility index (Phi) is 4.97. The summed E-state index contributed by atoms with van der Waals surface area (Å²) in [5.41, 5.74) is 1.12. The fraction of sp³-hybridized carbons (Fsp3) is 0.733. The van der Waals surface area contributed by atoms with Crippen LogP contribution in [0.25, 0.3) is 0 Å². The quantitative estimate of drug-likeness (QED) is 0.913. The fourth-order valence-corrected chi connectivity index (χ4v) is 3.51. The number of hydrogen-bond donors (Lipinski definition) is 1. The number of amides is 1. The van der Waals surface area contributed by atoms with Crippen LogP contribution in [0.5, 0.6) is 0 Å². The smallest absolute Gasteiger partial charge is 0.223 e. The lowest BCUT2D eigenvalue weighted by molar-refractivity contribution is -0.126. The van der Waals surface area contributed by atoms with E-state index in [0.717, 1.165) is 35.9 Å². The van der Waals surface area contributed by atoms with Crippen LogP contribution in [0, 0.1) is 11.8 Å². The minimum atomic E-state index is 0.0390. The van der Waals surface area contributed by atoms with Crippen LogP contribution in [0.15, 0.2) is 5.38 Å². The van der Waals surface area contributed by atoms with Crippen LogP contribution in [0.2, 0.25) is 0 Å². The van der Waals surface area contributed by atoms with Crippen molar-refractivity contribution in [3.63, 3.8) is 0 Å². The summed E-state index contributed by atoms with van der Waals surface area (Å²) in [6.07, 6.45) is 5.40. The molecule has 1 atom stereocenters. The molecule has 1 aromatic rings. The van der Waals surface area contributed by atoms with E-state index in [-0.39, 0.29) is 17.9 Å². The molecule has 2 rings (SSSR count). The first-order valence-electron chi connectivity index (χ1n) is 7.34. The second-order valence-electron chi connectivity index (χ2n) is 5.72. The summed E-state index contributed by atoms with van der Waals surface area (Å²) in [5, 5.41) is 6.23. The molecule has 0 aromatic carbocycles. The zero-order valence-corrected chi connectivity index (χ0v) is 12.9. The molecule has 1 fully saturated rings. The van der Waals surface area contributed by atoms with Gasteiger partial charge >= 0.3 is 0 Å². The number of hydrogen-bond acceptors (Lipinski definition) is 3. The molecule has 0 spiro atoms. The Morgan fingerprint density at radius 2 is 2.16 bits per heavy atom. The van der Waals surface area contributed by atoms with Crippen molar-refractivity contribution in [1.29, 1.82) is 0 Å². The molecule has 0 radical (unpaired) electrons. The Morgan fingerprint density at radius 3 is 2.74 bits per heavy atom. The minimum Gasteiger partial charge on any atom is -0.347 e. The monoisotopic (exact) mass is 280 g/mol. The first-order chi connectivity index (χ1) is 9.10. The second-order valence-corrected chi connectivity index (χ2v) is 6.61. The highest BCUT2D eigenvalue weighted by atomic mass is 32.1. The molecule has 19 heavy (non-hydrogen) atoms. The summed E-state index contributed by atoms with van der Waals surface area (Å²) in [6, 6.07) is 0.0390. The lowest BCUT2D eigenvalue weighted by atomic mass is 9.82. The molecule has 1 aliphatic carbocycles. The van der Waals surface area contributed by atoms with Crippen molar-refractivity contribution in [2.75, 3.05) is 0 Å². The van der Waals surface area contributed by atoms with Crippen molar-refractivity contribution in [3.8, 4) is 0 Å². The molecule has 4 heteroatoms. The van der Waals surface area contributed by atoms with Gasteiger partial charge in [-0.05, 0) is 44.9 Å². The van der Waals surface area contributed by atoms with Crippen molar-refractivity contribution < 1.29 is 4.79 Å². The molecule has 0 saturated heterocycles. The number of aryl methyl sites for hydroxylation is 1. The van der Waals surface area contributed by atoms with Crippen LogP contribution in [-0.2, 0) is 11.2 Å². The number of rotatable bonds is 4. The molecule has 0 aliphatic heterocycles. The molecule has 1 saturated carbocycles. The molecular weight excluding hydrogens is 256 g/mol. The Labute approximate surface area is 119 Å². The number of carbonyl (C=O) groups is 1. The van der Waals surface area contributed by atoms with Crippen LogP contribution in [0.4, 0.5) is 0 Å². The third-order valence-electron chi connectivity index (χ3n) is 4.05. The van der Waals surface area contributed by atoms with Crippen molar-refractivity contribution in [1.82, 2.24) is 10.3 Å². The molecule has 0 bridgehead atoms. The first kappa shape index (κ1) is 14.5. The SMILES string of the molecule is CCc1csc(C(C)NC(=O)C2CCC(C)CC2)n1. The summed E-state index contributed by atoms with van der Waals surface area (Å²) >= 11 is 1.65. The average Bonchev–Trinajstić information content (AvgIpc) is 2.88. The van der Waals surface area contributed by atoms with E-state index in [2.05, 4.69) is 29.5 Å². The minimum absolute atomic E-state index is 0.0390. The standard InChI is InChI=1S/C15H24N2OS/c1-4-13-9-19-15(17-13)11(3)16-14(18)12-7-5-10(2)6-8-12/h9-12H,4-8H2,1-3H3,(H,16,18). The van der Waals surface area contributed by atoms with E-state index in [4.69, 9.17) is 0 Å². The van der Waals surface area contributed by atoms with Gasteiger partial charge in [0.25, 0.3) is 0 Å². The van der Waals surface area contributed by atoms with E-state index >= 15 is 0 Å². The highest BCUT2D eigenvalue weighted by Gasteiger charge is 2.25. The average molecular weight is 280 g/mol. The van der Waals surface area contributed by atoms with Crippen LogP contribution in [0.1, 0.15) is 63.2 Å². The maximum absolute atomic E-state index is 12.2. The number of thiazole rings is 1. The first-order valence-corrected chi connectivity index (χ1v) is 8.22. The summed E-state index contributed by atoms with van der Waals surface area (Å²) in [4.78, 5) is 16.8. The van der Waals surface area contributed by atoms with Crippen LogP contribution in [0.3, 0.4) is 0 Å². The lowest BCUT2D eigenvalue weighted by Gasteiger charge is -2.26. The van der Waals surface area contributed by atoms with Gasteiger partial charge in [-0.15, -0.1) is 11.3 Å². The van der Waals surface area contributed by atoms with Crippen LogP contribution >= 0.6 is 11.3 Å². The molecular formula is C15H24N2OS. The van der Waals surface area contributed by atoms with Crippen molar-refractivity contribution in [2.24, 2.45) is 11.8 Å². The number of nitrogens with one attached hydrogen (secondary N) is 1. The predicted molar refractivity (Wildman–Crippen MR) is 79.2 cm³/mol. The summed E-state index contributed by atoms with van der Waals surface area (Å²) in [5.74, 6) is 1.21. The van der Waals surface area contributed by atoms with Gasteiger partial charge < -0.3 is 5.32 Å². The van der Waals surface area contributed by atoms with Gasteiger partial charge in [-0.3, -0.25) is 4.79 Å². The molecule has 1 heterocycles. The van der Waals surface area contributed by atoms with E-state index in [1.54, 1.807) is 11.3 Å². The Hall–Kier alpha value is -0.900. The fourth-order valence-electron chi connectivity index (χ4n) is 2.60. The summed E-state index contributed by atoms with van der Waals surface area (Å²) in [6.45, 7) is 6.41. The number of aromatic nitrogens is 1. The van der Waals surface area contributed by atoms with E-state index in [9.17, 15) is 4.79 Å². The third kappa shape index (κ3) is 3.78. The maximum Gasteiger partial charge on any atom is 0.223 e. The highest BCUT2D eigenvalue weighted by Crippen LogP contribution is 2.29. The van der Waals surface area contributed by atoms with Gasteiger partial charge in [-0.25, -0.2) is 4.98 Å². The third-order valence-corrected chi connectivity index (χ3v) is 5.12. The number of carbonyl (C=O) groups excluding carboxylic acids is 1.